The van der Waals surface area contributed by atoms with Crippen LogP contribution >= 0.6 is 27.5 Å². The van der Waals surface area contributed by atoms with E-state index in [0.29, 0.717) is 23.1 Å². The van der Waals surface area contributed by atoms with E-state index >= 15 is 0 Å². The number of nitrogens with one attached hydrogen (secondary N) is 1. The van der Waals surface area contributed by atoms with Crippen molar-refractivity contribution in [2.24, 2.45) is 5.10 Å². The first-order chi connectivity index (χ1) is 15.7. The van der Waals surface area contributed by atoms with Gasteiger partial charge in [-0.05, 0) is 74.9 Å². The van der Waals surface area contributed by atoms with Crippen LogP contribution in [0.3, 0.4) is 0 Å². The number of rotatable bonds is 8. The molecule has 1 amide bonds. The minimum Gasteiger partial charge on any atom is -0.489 e. The molecule has 3 rings (SSSR count). The van der Waals surface area contributed by atoms with E-state index in [9.17, 15) is 4.79 Å². The van der Waals surface area contributed by atoms with Crippen LogP contribution in [-0.2, 0) is 16.8 Å². The Morgan fingerprint density at radius 3 is 2.45 bits per heavy atom. The number of hydrazone groups is 1. The Kier molecular flexibility index (Phi) is 8.53. The van der Waals surface area contributed by atoms with Crippen LogP contribution in [0.15, 0.2) is 76.3 Å². The van der Waals surface area contributed by atoms with Gasteiger partial charge in [0.15, 0.2) is 6.61 Å². The van der Waals surface area contributed by atoms with Gasteiger partial charge in [0, 0.05) is 10.6 Å². The molecule has 0 atom stereocenters. The van der Waals surface area contributed by atoms with Gasteiger partial charge in [-0.25, -0.2) is 5.43 Å². The topological polar surface area (TPSA) is 59.9 Å². The number of ether oxygens (including phenoxy) is 2. The summed E-state index contributed by atoms with van der Waals surface area (Å²) in [6.45, 7) is 6.67. The van der Waals surface area contributed by atoms with Gasteiger partial charge in [-0.15, -0.1) is 0 Å². The summed E-state index contributed by atoms with van der Waals surface area (Å²) in [5.74, 6) is 0.972. The van der Waals surface area contributed by atoms with E-state index in [1.54, 1.807) is 6.21 Å². The highest BCUT2D eigenvalue weighted by Gasteiger charge is 2.15. The molecule has 0 heterocycles. The molecule has 0 aliphatic heterocycles. The van der Waals surface area contributed by atoms with E-state index in [1.807, 2.05) is 66.7 Å². The standard InChI is InChI=1S/C26H26BrClN2O3/c1-26(2,3)20-10-13-24(22(27)14-20)33-17-25(31)30-29-15-18-8-11-21(12-9-18)32-16-19-6-4-5-7-23(19)28/h4-15H,16-17H2,1-3H3,(H,30,31)/b29-15+. The van der Waals surface area contributed by atoms with E-state index in [4.69, 9.17) is 21.1 Å². The van der Waals surface area contributed by atoms with Crippen LogP contribution in [0.25, 0.3) is 0 Å². The lowest BCUT2D eigenvalue weighted by Gasteiger charge is -2.20. The van der Waals surface area contributed by atoms with Crippen molar-refractivity contribution in [1.29, 1.82) is 0 Å². The van der Waals surface area contributed by atoms with Gasteiger partial charge >= 0.3 is 0 Å². The quantitative estimate of drug-likeness (QED) is 0.267. The maximum atomic E-state index is 12.0. The maximum absolute atomic E-state index is 12.0. The third-order valence-corrected chi connectivity index (χ3v) is 5.78. The fraction of sp³-hybridized carbons (Fsp3) is 0.231. The number of nitrogens with zero attached hydrogens (tertiary/aromatic N) is 1. The van der Waals surface area contributed by atoms with Gasteiger partial charge in [0.25, 0.3) is 5.91 Å². The van der Waals surface area contributed by atoms with Gasteiger partial charge in [-0.1, -0.05) is 56.6 Å². The third-order valence-electron chi connectivity index (χ3n) is 4.79. The average Bonchev–Trinajstić information content (AvgIpc) is 2.78. The smallest absolute Gasteiger partial charge is 0.277 e. The maximum Gasteiger partial charge on any atom is 0.277 e. The van der Waals surface area contributed by atoms with Crippen LogP contribution < -0.4 is 14.9 Å². The van der Waals surface area contributed by atoms with Gasteiger partial charge in [-0.2, -0.15) is 5.10 Å². The summed E-state index contributed by atoms with van der Waals surface area (Å²) < 4.78 is 12.2. The Morgan fingerprint density at radius 2 is 1.79 bits per heavy atom. The lowest BCUT2D eigenvalue weighted by atomic mass is 9.87. The van der Waals surface area contributed by atoms with Crippen molar-refractivity contribution in [2.75, 3.05) is 6.61 Å². The first-order valence-corrected chi connectivity index (χ1v) is 11.6. The zero-order valence-corrected chi connectivity index (χ0v) is 21.1. The molecular weight excluding hydrogens is 504 g/mol. The Labute approximate surface area is 207 Å². The van der Waals surface area contributed by atoms with Gasteiger partial charge in [-0.3, -0.25) is 4.79 Å². The molecule has 172 valence electrons. The molecule has 0 aliphatic carbocycles. The number of carbonyl (C=O) groups is 1. The SMILES string of the molecule is CC(C)(C)c1ccc(OCC(=O)N/N=C/c2ccc(OCc3ccccc3Cl)cc2)c(Br)c1. The molecule has 1 N–H and O–H groups in total. The van der Waals surface area contributed by atoms with Crippen LogP contribution in [0.2, 0.25) is 5.02 Å². The third kappa shape index (κ3) is 7.62. The van der Waals surface area contributed by atoms with Gasteiger partial charge in [0.2, 0.25) is 0 Å². The molecule has 3 aromatic rings. The van der Waals surface area contributed by atoms with E-state index in [-0.39, 0.29) is 17.9 Å². The molecule has 0 radical (unpaired) electrons. The van der Waals surface area contributed by atoms with Crippen LogP contribution in [0.5, 0.6) is 11.5 Å². The zero-order chi connectivity index (χ0) is 23.8. The Balaban J connectivity index is 1.45. The molecule has 0 saturated heterocycles. The largest absolute Gasteiger partial charge is 0.489 e. The second-order valence-corrected chi connectivity index (χ2v) is 9.69. The van der Waals surface area contributed by atoms with Crippen molar-refractivity contribution in [2.45, 2.75) is 32.8 Å². The van der Waals surface area contributed by atoms with Crippen LogP contribution in [0, 0.1) is 0 Å². The highest BCUT2D eigenvalue weighted by Crippen LogP contribution is 2.31. The first kappa shape index (κ1) is 24.8. The molecule has 7 heteroatoms. The number of carbonyl (C=O) groups excluding carboxylic acids is 1. The summed E-state index contributed by atoms with van der Waals surface area (Å²) in [5.41, 5.74) is 5.42. The summed E-state index contributed by atoms with van der Waals surface area (Å²) in [6, 6.07) is 20.8. The fourth-order valence-electron chi connectivity index (χ4n) is 2.87. The lowest BCUT2D eigenvalue weighted by molar-refractivity contribution is -0.123. The summed E-state index contributed by atoms with van der Waals surface area (Å²) in [6.07, 6.45) is 1.56. The molecular formula is C26H26BrClN2O3. The fourth-order valence-corrected chi connectivity index (χ4v) is 3.55. The predicted octanol–water partition coefficient (Wildman–Crippen LogP) is 6.51. The minimum absolute atomic E-state index is 0.0348. The molecule has 0 spiro atoms. The molecule has 3 aromatic carbocycles. The summed E-state index contributed by atoms with van der Waals surface area (Å²) in [7, 11) is 0. The molecule has 0 aromatic heterocycles. The van der Waals surface area contributed by atoms with Crippen LogP contribution in [-0.4, -0.2) is 18.7 Å². The van der Waals surface area contributed by atoms with E-state index in [0.717, 1.165) is 15.6 Å². The van der Waals surface area contributed by atoms with Crippen molar-refractivity contribution >= 4 is 39.7 Å². The number of hydrogen-bond donors (Lipinski definition) is 1. The molecule has 0 aliphatic rings. The molecule has 0 unspecified atom stereocenters. The normalized spacial score (nSPS) is 11.4. The molecule has 0 fully saturated rings. The number of hydrogen-bond acceptors (Lipinski definition) is 4. The number of benzene rings is 3. The molecule has 0 saturated carbocycles. The molecule has 0 bridgehead atoms. The summed E-state index contributed by atoms with van der Waals surface area (Å²) >= 11 is 9.65. The predicted molar refractivity (Wildman–Crippen MR) is 136 cm³/mol. The van der Waals surface area contributed by atoms with Crippen LogP contribution in [0.1, 0.15) is 37.5 Å². The van der Waals surface area contributed by atoms with Crippen molar-refractivity contribution in [3.8, 4) is 11.5 Å². The Bertz CT molecular complexity index is 1130. The zero-order valence-electron chi connectivity index (χ0n) is 18.8. The first-order valence-electron chi connectivity index (χ1n) is 10.4. The Morgan fingerprint density at radius 1 is 1.06 bits per heavy atom. The molecule has 5 nitrogen and oxygen atoms in total. The second kappa shape index (κ2) is 11.3. The molecule has 33 heavy (non-hydrogen) atoms. The van der Waals surface area contributed by atoms with Crippen LogP contribution in [0.4, 0.5) is 0 Å². The van der Waals surface area contributed by atoms with E-state index in [2.05, 4.69) is 47.2 Å². The van der Waals surface area contributed by atoms with Crippen molar-refractivity contribution in [3.05, 3.63) is 92.9 Å². The van der Waals surface area contributed by atoms with E-state index < -0.39 is 0 Å². The highest BCUT2D eigenvalue weighted by molar-refractivity contribution is 9.10. The van der Waals surface area contributed by atoms with Crippen molar-refractivity contribution < 1.29 is 14.3 Å². The van der Waals surface area contributed by atoms with Gasteiger partial charge in [0.1, 0.15) is 18.1 Å². The summed E-state index contributed by atoms with van der Waals surface area (Å²) in [4.78, 5) is 12.0. The Hall–Kier alpha value is -2.83. The van der Waals surface area contributed by atoms with Gasteiger partial charge in [0.05, 0.1) is 10.7 Å². The lowest BCUT2D eigenvalue weighted by Crippen LogP contribution is -2.24. The van der Waals surface area contributed by atoms with Gasteiger partial charge < -0.3 is 9.47 Å². The minimum atomic E-state index is -0.349. The summed E-state index contributed by atoms with van der Waals surface area (Å²) in [5, 5.41) is 4.66. The van der Waals surface area contributed by atoms with Crippen molar-refractivity contribution in [3.63, 3.8) is 0 Å². The second-order valence-electron chi connectivity index (χ2n) is 8.43. The monoisotopic (exact) mass is 528 g/mol. The highest BCUT2D eigenvalue weighted by atomic mass is 79.9. The van der Waals surface area contributed by atoms with Crippen molar-refractivity contribution in [1.82, 2.24) is 5.43 Å². The van der Waals surface area contributed by atoms with E-state index in [1.165, 1.54) is 5.56 Å². The number of amides is 1. The average molecular weight is 530 g/mol. The number of halogens is 2.